The zero-order chi connectivity index (χ0) is 45.3. The highest BCUT2D eigenvalue weighted by molar-refractivity contribution is 7.00. The number of anilines is 6. The van der Waals surface area contributed by atoms with Gasteiger partial charge in [-0.3, -0.25) is 0 Å². The fourth-order valence-electron chi connectivity index (χ4n) is 12.1. The van der Waals surface area contributed by atoms with Gasteiger partial charge in [-0.2, -0.15) is 0 Å². The molecule has 0 amide bonds. The third kappa shape index (κ3) is 5.99. The van der Waals surface area contributed by atoms with Crippen LogP contribution < -0.4 is 26.2 Å². The van der Waals surface area contributed by atoms with Crippen molar-refractivity contribution in [3.8, 4) is 0 Å². The first kappa shape index (κ1) is 41.5. The van der Waals surface area contributed by atoms with Crippen molar-refractivity contribution in [2.45, 2.75) is 155 Å². The Bertz CT molecular complexity index is 3110. The molecule has 0 saturated heterocycles. The van der Waals surface area contributed by atoms with E-state index in [0.717, 1.165) is 27.6 Å². The maximum absolute atomic E-state index is 6.93. The van der Waals surface area contributed by atoms with Gasteiger partial charge in [-0.05, 0) is 156 Å². The minimum absolute atomic E-state index is 0.0211. The van der Waals surface area contributed by atoms with Crippen molar-refractivity contribution in [2.24, 2.45) is 0 Å². The van der Waals surface area contributed by atoms with Crippen LogP contribution in [0, 0.1) is 0 Å². The molecular formula is C60H67BN2O. The molecule has 0 N–H and O–H groups in total. The van der Waals surface area contributed by atoms with Crippen LogP contribution in [-0.4, -0.2) is 6.71 Å². The van der Waals surface area contributed by atoms with E-state index < -0.39 is 0 Å². The first-order valence-corrected chi connectivity index (χ1v) is 24.1. The van der Waals surface area contributed by atoms with Gasteiger partial charge in [0.25, 0.3) is 6.71 Å². The Morgan fingerprint density at radius 1 is 0.453 bits per heavy atom. The lowest BCUT2D eigenvalue weighted by Gasteiger charge is -2.48. The van der Waals surface area contributed by atoms with E-state index in [1.54, 1.807) is 0 Å². The summed E-state index contributed by atoms with van der Waals surface area (Å²) in [5, 5.41) is 2.30. The van der Waals surface area contributed by atoms with Crippen LogP contribution in [0.25, 0.3) is 21.9 Å². The zero-order valence-electron chi connectivity index (χ0n) is 41.0. The molecule has 4 heteroatoms. The summed E-state index contributed by atoms with van der Waals surface area (Å²) in [5.74, 6) is 0. The summed E-state index contributed by atoms with van der Waals surface area (Å²) in [6.07, 6.45) is 4.72. The summed E-state index contributed by atoms with van der Waals surface area (Å²) in [5.41, 5.74) is 22.2. The Balaban J connectivity index is 1.30. The topological polar surface area (TPSA) is 19.6 Å². The van der Waals surface area contributed by atoms with E-state index in [-0.39, 0.29) is 39.2 Å². The molecule has 3 heterocycles. The standard InChI is InChI=1S/C60H67BN2O/c1-55(2,3)36-22-25-47-45(30-36)61-46-34-43-44(60(13,14)29-28-59(43,11)12)35-49(46)62(38-23-24-41-42(33-38)58(9,10)27-26-57(41,7)8)50-31-37(56(4,5)6)32-51(53(50)61)63(47)48-20-17-19-40-39-18-15-16-21-52(39)64-54(40)48/h15-25,30-35H,26-29H2,1-14H3. The first-order chi connectivity index (χ1) is 30.0. The number of rotatable bonds is 2. The van der Waals surface area contributed by atoms with Crippen LogP contribution in [0.2, 0.25) is 0 Å². The minimum atomic E-state index is -0.121. The number of benzene rings is 6. The molecule has 4 aliphatic rings. The monoisotopic (exact) mass is 843 g/mol. The molecule has 0 spiro atoms. The maximum atomic E-state index is 6.93. The van der Waals surface area contributed by atoms with Crippen LogP contribution in [0.5, 0.6) is 0 Å². The molecule has 2 aliphatic heterocycles. The molecule has 7 aromatic rings. The summed E-state index contributed by atoms with van der Waals surface area (Å²) in [7, 11) is 0. The Labute approximate surface area is 383 Å². The molecule has 64 heavy (non-hydrogen) atoms. The van der Waals surface area contributed by atoms with Gasteiger partial charge in [-0.25, -0.2) is 0 Å². The smallest absolute Gasteiger partial charge is 0.252 e. The van der Waals surface area contributed by atoms with Crippen LogP contribution >= 0.6 is 0 Å². The lowest BCUT2D eigenvalue weighted by molar-refractivity contribution is 0.332. The van der Waals surface area contributed by atoms with Gasteiger partial charge in [-0.15, -0.1) is 0 Å². The lowest BCUT2D eigenvalue weighted by Crippen LogP contribution is -2.62. The van der Waals surface area contributed by atoms with Crippen molar-refractivity contribution >= 4 is 79.2 Å². The number of nitrogens with zero attached hydrogens (tertiary/aromatic N) is 2. The quantitative estimate of drug-likeness (QED) is 0.162. The number of fused-ring (bicyclic) bond motifs is 9. The van der Waals surface area contributed by atoms with Crippen molar-refractivity contribution in [3.05, 3.63) is 137 Å². The normalized spacial score (nSPS) is 18.9. The van der Waals surface area contributed by atoms with E-state index in [1.807, 2.05) is 0 Å². The number of furan rings is 1. The number of para-hydroxylation sites is 2. The van der Waals surface area contributed by atoms with Crippen LogP contribution in [0.3, 0.4) is 0 Å². The van der Waals surface area contributed by atoms with Crippen molar-refractivity contribution in [1.82, 2.24) is 0 Å². The molecule has 2 aliphatic carbocycles. The Morgan fingerprint density at radius 2 is 1.02 bits per heavy atom. The van der Waals surface area contributed by atoms with Gasteiger partial charge in [0, 0.05) is 39.2 Å². The number of hydrogen-bond acceptors (Lipinski definition) is 3. The van der Waals surface area contributed by atoms with E-state index in [0.29, 0.717) is 0 Å². The minimum Gasteiger partial charge on any atom is -0.454 e. The second-order valence-corrected chi connectivity index (χ2v) is 24.8. The molecule has 6 aromatic carbocycles. The highest BCUT2D eigenvalue weighted by Gasteiger charge is 2.48. The Morgan fingerprint density at radius 3 is 1.67 bits per heavy atom. The Hall–Kier alpha value is -5.22. The fraction of sp³-hybridized carbons (Fsp3) is 0.400. The molecule has 326 valence electrons. The second-order valence-electron chi connectivity index (χ2n) is 24.8. The molecule has 3 nitrogen and oxygen atoms in total. The molecular weight excluding hydrogens is 775 g/mol. The molecule has 0 unspecified atom stereocenters. The average Bonchev–Trinajstić information content (AvgIpc) is 3.62. The van der Waals surface area contributed by atoms with Gasteiger partial charge in [0.15, 0.2) is 5.58 Å². The van der Waals surface area contributed by atoms with Gasteiger partial charge in [-0.1, -0.05) is 152 Å². The van der Waals surface area contributed by atoms with Crippen molar-refractivity contribution in [2.75, 3.05) is 9.80 Å². The third-order valence-corrected chi connectivity index (χ3v) is 16.5. The van der Waals surface area contributed by atoms with E-state index in [4.69, 9.17) is 4.42 Å². The molecule has 0 radical (unpaired) electrons. The first-order valence-electron chi connectivity index (χ1n) is 24.1. The summed E-state index contributed by atoms with van der Waals surface area (Å²) in [6.45, 7) is 34.0. The van der Waals surface area contributed by atoms with E-state index >= 15 is 0 Å². The van der Waals surface area contributed by atoms with Gasteiger partial charge >= 0.3 is 0 Å². The van der Waals surface area contributed by atoms with Crippen molar-refractivity contribution in [3.63, 3.8) is 0 Å². The fourth-order valence-corrected chi connectivity index (χ4v) is 12.1. The SMILES string of the molecule is CC(C)(C)c1ccc2c(c1)B1c3cc4c(cc3N(c3ccc5c(c3)C(C)(C)CCC5(C)C)c3cc(C(C)(C)C)cc(c31)N2c1cccc2c1oc1ccccc12)C(C)(C)CCC4(C)C. The van der Waals surface area contributed by atoms with Gasteiger partial charge in [0.05, 0.1) is 5.69 Å². The van der Waals surface area contributed by atoms with Crippen LogP contribution in [-0.2, 0) is 32.5 Å². The lowest BCUT2D eigenvalue weighted by atomic mass is 9.32. The average molecular weight is 843 g/mol. The van der Waals surface area contributed by atoms with Gasteiger partial charge in [0.2, 0.25) is 0 Å². The highest BCUT2D eigenvalue weighted by Crippen LogP contribution is 2.54. The summed E-state index contributed by atoms with van der Waals surface area (Å²) in [6, 6.07) is 40.6. The van der Waals surface area contributed by atoms with Crippen molar-refractivity contribution < 1.29 is 4.42 Å². The maximum Gasteiger partial charge on any atom is 0.252 e. The van der Waals surface area contributed by atoms with Gasteiger partial charge in [0.1, 0.15) is 5.58 Å². The molecule has 1 aromatic heterocycles. The zero-order valence-corrected chi connectivity index (χ0v) is 41.0. The molecule has 11 rings (SSSR count). The van der Waals surface area contributed by atoms with Crippen molar-refractivity contribution in [1.29, 1.82) is 0 Å². The third-order valence-electron chi connectivity index (χ3n) is 16.5. The molecule has 0 bridgehead atoms. The summed E-state index contributed by atoms with van der Waals surface area (Å²) < 4.78 is 6.93. The Kier molecular flexibility index (Phi) is 8.56. The van der Waals surface area contributed by atoms with Crippen LogP contribution in [0.15, 0.2) is 108 Å². The van der Waals surface area contributed by atoms with E-state index in [9.17, 15) is 0 Å². The highest BCUT2D eigenvalue weighted by atomic mass is 16.3. The van der Waals surface area contributed by atoms with Crippen LogP contribution in [0.1, 0.15) is 156 Å². The molecule has 0 atom stereocenters. The predicted octanol–water partition coefficient (Wildman–Crippen LogP) is 15.0. The summed E-state index contributed by atoms with van der Waals surface area (Å²) in [4.78, 5) is 5.28. The van der Waals surface area contributed by atoms with E-state index in [1.165, 1.54) is 104 Å². The predicted molar refractivity (Wildman–Crippen MR) is 276 cm³/mol. The second kappa shape index (κ2) is 13.2. The summed E-state index contributed by atoms with van der Waals surface area (Å²) >= 11 is 0. The molecule has 0 saturated carbocycles. The number of hydrogen-bond donors (Lipinski definition) is 0. The van der Waals surface area contributed by atoms with Crippen LogP contribution in [0.4, 0.5) is 34.1 Å². The van der Waals surface area contributed by atoms with E-state index in [2.05, 4.69) is 210 Å². The largest absolute Gasteiger partial charge is 0.454 e. The molecule has 0 fully saturated rings. The van der Waals surface area contributed by atoms with Gasteiger partial charge < -0.3 is 14.2 Å².